The van der Waals surface area contributed by atoms with Gasteiger partial charge in [-0.05, 0) is 59.9 Å². The summed E-state index contributed by atoms with van der Waals surface area (Å²) < 4.78 is 20.5. The molecule has 0 atom stereocenters. The second kappa shape index (κ2) is 6.24. The fourth-order valence-electron chi connectivity index (χ4n) is 1.66. The lowest BCUT2D eigenvalue weighted by Gasteiger charge is -2.37. The van der Waals surface area contributed by atoms with Gasteiger partial charge in [-0.15, -0.1) is 0 Å². The van der Waals surface area contributed by atoms with Crippen LogP contribution in [0.5, 0.6) is 0 Å². The van der Waals surface area contributed by atoms with Gasteiger partial charge in [-0.25, -0.2) is 0 Å². The Morgan fingerprint density at radius 1 is 0.765 bits per heavy atom. The maximum atomic E-state index is 6.23. The minimum atomic E-state index is -2.04. The SMILES string of the molecule is CN(C)[SiH2]O[Si](C)(C)O[Si](C)(C)O[Si](C)(C)C. The summed E-state index contributed by atoms with van der Waals surface area (Å²) in [4.78, 5) is 0. The van der Waals surface area contributed by atoms with Crippen LogP contribution in [0.1, 0.15) is 0 Å². The third kappa shape index (κ3) is 10.3. The van der Waals surface area contributed by atoms with Crippen molar-refractivity contribution in [2.45, 2.75) is 45.8 Å². The van der Waals surface area contributed by atoms with Crippen LogP contribution in [-0.2, 0) is 12.3 Å². The maximum absolute atomic E-state index is 6.23. The molecule has 104 valence electrons. The summed E-state index contributed by atoms with van der Waals surface area (Å²) in [5.74, 6) is 0. The van der Waals surface area contributed by atoms with Crippen molar-refractivity contribution < 1.29 is 12.3 Å². The van der Waals surface area contributed by atoms with Crippen molar-refractivity contribution in [2.24, 2.45) is 0 Å². The second-order valence-electron chi connectivity index (χ2n) is 6.47. The molecule has 0 saturated heterocycles. The molecule has 0 aliphatic carbocycles. The Balaban J connectivity index is 4.37. The highest BCUT2D eigenvalue weighted by Gasteiger charge is 2.39. The van der Waals surface area contributed by atoms with E-state index in [2.05, 4.69) is 64.5 Å². The van der Waals surface area contributed by atoms with E-state index in [4.69, 9.17) is 12.3 Å². The van der Waals surface area contributed by atoms with E-state index in [0.29, 0.717) is 0 Å². The van der Waals surface area contributed by atoms with Crippen molar-refractivity contribution in [1.82, 2.24) is 4.57 Å². The molecule has 0 aromatic heterocycles. The monoisotopic (exact) mass is 311 g/mol. The summed E-state index contributed by atoms with van der Waals surface area (Å²) in [5.41, 5.74) is 0. The molecule has 8 heteroatoms. The third-order valence-electron chi connectivity index (χ3n) is 1.71. The van der Waals surface area contributed by atoms with Gasteiger partial charge in [0.15, 0.2) is 8.32 Å². The average Bonchev–Trinajstić information content (AvgIpc) is 1.93. The van der Waals surface area contributed by atoms with Crippen LogP contribution < -0.4 is 0 Å². The van der Waals surface area contributed by atoms with E-state index in [1.165, 1.54) is 0 Å². The highest BCUT2D eigenvalue weighted by molar-refractivity contribution is 6.86. The van der Waals surface area contributed by atoms with Crippen LogP contribution in [0.15, 0.2) is 0 Å². The van der Waals surface area contributed by atoms with Crippen LogP contribution in [0.25, 0.3) is 0 Å². The molecule has 0 rings (SSSR count). The van der Waals surface area contributed by atoms with E-state index in [1.54, 1.807) is 0 Å². The predicted octanol–water partition coefficient (Wildman–Crippen LogP) is 1.84. The van der Waals surface area contributed by atoms with Crippen LogP contribution in [0.2, 0.25) is 45.8 Å². The Hall–Kier alpha value is 0.708. The minimum Gasteiger partial charge on any atom is -0.437 e. The summed E-state index contributed by atoms with van der Waals surface area (Å²) in [7, 11) is -2.11. The first-order chi connectivity index (χ1) is 7.33. The van der Waals surface area contributed by atoms with E-state index < -0.39 is 35.4 Å². The lowest BCUT2D eigenvalue weighted by atomic mass is 11.3. The van der Waals surface area contributed by atoms with E-state index in [9.17, 15) is 0 Å². The van der Waals surface area contributed by atoms with Gasteiger partial charge >= 0.3 is 17.1 Å². The summed E-state index contributed by atoms with van der Waals surface area (Å²) in [6.45, 7) is 15.1. The Morgan fingerprint density at radius 2 is 1.24 bits per heavy atom. The quantitative estimate of drug-likeness (QED) is 0.671. The molecule has 17 heavy (non-hydrogen) atoms. The first-order valence-corrected chi connectivity index (χ1v) is 16.3. The van der Waals surface area contributed by atoms with Crippen molar-refractivity contribution in [3.8, 4) is 0 Å². The van der Waals surface area contributed by atoms with Crippen molar-refractivity contribution in [1.29, 1.82) is 0 Å². The zero-order valence-corrected chi connectivity index (χ0v) is 17.3. The molecule has 0 fully saturated rings. The Labute approximate surface area is 112 Å². The molecule has 4 nitrogen and oxygen atoms in total. The van der Waals surface area contributed by atoms with Gasteiger partial charge in [0.25, 0.3) is 0 Å². The van der Waals surface area contributed by atoms with Gasteiger partial charge in [0.1, 0.15) is 0 Å². The topological polar surface area (TPSA) is 30.9 Å². The maximum Gasteiger partial charge on any atom is 0.313 e. The number of hydrogen-bond donors (Lipinski definition) is 0. The normalized spacial score (nSPS) is 15.2. The van der Waals surface area contributed by atoms with Gasteiger partial charge in [-0.3, -0.25) is 0 Å². The number of nitrogens with zero attached hydrogens (tertiary/aromatic N) is 1. The van der Waals surface area contributed by atoms with Crippen LogP contribution in [0, 0.1) is 0 Å². The third-order valence-corrected chi connectivity index (χ3v) is 13.9. The van der Waals surface area contributed by atoms with Crippen molar-refractivity contribution in [3.63, 3.8) is 0 Å². The van der Waals surface area contributed by atoms with Gasteiger partial charge in [-0.2, -0.15) is 0 Å². The Morgan fingerprint density at radius 3 is 1.59 bits per heavy atom. The largest absolute Gasteiger partial charge is 0.437 e. The molecule has 0 bridgehead atoms. The summed E-state index contributed by atoms with van der Waals surface area (Å²) in [6.07, 6.45) is 0. The molecule has 0 unspecified atom stereocenters. The van der Waals surface area contributed by atoms with Crippen LogP contribution in [0.4, 0.5) is 0 Å². The zero-order chi connectivity index (χ0) is 13.9. The molecule has 0 spiro atoms. The Bertz CT molecular complexity index is 241. The van der Waals surface area contributed by atoms with Gasteiger partial charge < -0.3 is 16.9 Å². The summed E-state index contributed by atoms with van der Waals surface area (Å²) in [6, 6.07) is 0. The molecule has 0 aliphatic heterocycles. The number of rotatable bonds is 7. The summed E-state index contributed by atoms with van der Waals surface area (Å²) >= 11 is 0. The lowest BCUT2D eigenvalue weighted by Crippen LogP contribution is -2.53. The van der Waals surface area contributed by atoms with E-state index in [-0.39, 0.29) is 0 Å². The van der Waals surface area contributed by atoms with Crippen LogP contribution >= 0.6 is 0 Å². The number of hydrogen-bond acceptors (Lipinski definition) is 4. The molecular formula is C9H29NO3Si4. The van der Waals surface area contributed by atoms with E-state index in [1.807, 2.05) is 0 Å². The fourth-order valence-corrected chi connectivity index (χ4v) is 15.9. The van der Waals surface area contributed by atoms with Gasteiger partial charge in [0, 0.05) is 0 Å². The zero-order valence-electron chi connectivity index (χ0n) is 12.9. The first-order valence-electron chi connectivity index (χ1n) is 6.02. The first kappa shape index (κ1) is 17.7. The molecular weight excluding hydrogens is 282 g/mol. The predicted molar refractivity (Wildman–Crippen MR) is 83.8 cm³/mol. The van der Waals surface area contributed by atoms with Gasteiger partial charge in [0.05, 0.1) is 0 Å². The molecule has 0 N–H and O–H groups in total. The van der Waals surface area contributed by atoms with Crippen LogP contribution in [0.3, 0.4) is 0 Å². The molecule has 0 aromatic carbocycles. The smallest absolute Gasteiger partial charge is 0.313 e. The van der Waals surface area contributed by atoms with Crippen molar-refractivity contribution in [2.75, 3.05) is 14.1 Å². The van der Waals surface area contributed by atoms with Crippen LogP contribution in [-0.4, -0.2) is 54.0 Å². The molecule has 0 aromatic rings. The highest BCUT2D eigenvalue weighted by Crippen LogP contribution is 2.20. The fraction of sp³-hybridized carbons (Fsp3) is 1.00. The Kier molecular flexibility index (Phi) is 6.50. The summed E-state index contributed by atoms with van der Waals surface area (Å²) in [5, 5.41) is 0. The van der Waals surface area contributed by atoms with E-state index in [0.717, 1.165) is 0 Å². The minimum absolute atomic E-state index is 0.621. The van der Waals surface area contributed by atoms with E-state index >= 15 is 0 Å². The molecule has 0 heterocycles. The molecule has 0 radical (unpaired) electrons. The lowest BCUT2D eigenvalue weighted by molar-refractivity contribution is 0.328. The highest BCUT2D eigenvalue weighted by atomic mass is 28.5. The van der Waals surface area contributed by atoms with Gasteiger partial charge in [-0.1, -0.05) is 0 Å². The van der Waals surface area contributed by atoms with Crippen molar-refractivity contribution in [3.05, 3.63) is 0 Å². The standard InChI is InChI=1S/C9H29NO3Si4/c1-10(2)14-11-16(6,7)13-17(8,9)12-15(3,4)5/h14H2,1-9H3. The average molecular weight is 312 g/mol. The second-order valence-corrected chi connectivity index (χ2v) is 20.6. The van der Waals surface area contributed by atoms with Gasteiger partial charge in [0.2, 0.25) is 9.92 Å². The molecule has 0 aliphatic rings. The molecule has 0 saturated carbocycles. The molecule has 0 amide bonds. The van der Waals surface area contributed by atoms with Crippen molar-refractivity contribution >= 4 is 35.4 Å².